The molecule has 0 radical (unpaired) electrons. The minimum atomic E-state index is -4.78. The molecule has 1 heterocycles. The number of hydrogen-bond donors (Lipinski definition) is 1. The number of ether oxygens (including phenoxy) is 1. The van der Waals surface area contributed by atoms with E-state index >= 15 is 0 Å². The second-order valence-electron chi connectivity index (χ2n) is 3.98. The Labute approximate surface area is 112 Å². The number of aryl methyl sites for hydroxylation is 1. The van der Waals surface area contributed by atoms with E-state index in [-0.39, 0.29) is 11.3 Å². The third-order valence-electron chi connectivity index (χ3n) is 2.51. The maximum Gasteiger partial charge on any atom is 0.573 e. The van der Waals surface area contributed by atoms with E-state index in [9.17, 15) is 18.3 Å². The summed E-state index contributed by atoms with van der Waals surface area (Å²) in [5, 5.41) is 11.9. The molecule has 1 unspecified atom stereocenters. The van der Waals surface area contributed by atoms with Gasteiger partial charge in [0, 0.05) is 10.4 Å². The van der Waals surface area contributed by atoms with Crippen molar-refractivity contribution in [3.8, 4) is 5.75 Å². The highest BCUT2D eigenvalue weighted by Crippen LogP contribution is 2.34. The van der Waals surface area contributed by atoms with Crippen LogP contribution in [0.5, 0.6) is 5.75 Å². The summed E-state index contributed by atoms with van der Waals surface area (Å²) in [6.07, 6.45) is -5.91. The Morgan fingerprint density at radius 3 is 2.53 bits per heavy atom. The van der Waals surface area contributed by atoms with Crippen LogP contribution in [0.15, 0.2) is 35.7 Å². The first-order chi connectivity index (χ1) is 8.87. The Kier molecular flexibility index (Phi) is 3.82. The fraction of sp³-hybridized carbons (Fsp3) is 0.231. The molecule has 19 heavy (non-hydrogen) atoms. The highest BCUT2D eigenvalue weighted by molar-refractivity contribution is 7.10. The first-order valence-corrected chi connectivity index (χ1v) is 6.32. The van der Waals surface area contributed by atoms with Crippen molar-refractivity contribution in [2.45, 2.75) is 19.4 Å². The lowest BCUT2D eigenvalue weighted by Crippen LogP contribution is -2.18. The van der Waals surface area contributed by atoms with Crippen molar-refractivity contribution in [3.63, 3.8) is 0 Å². The zero-order chi connectivity index (χ0) is 14.0. The van der Waals surface area contributed by atoms with Crippen molar-refractivity contribution < 1.29 is 23.0 Å². The number of para-hydroxylation sites is 1. The molecule has 1 N–H and O–H groups in total. The quantitative estimate of drug-likeness (QED) is 0.923. The maximum absolute atomic E-state index is 12.3. The number of thiophene rings is 1. The number of hydrogen-bond acceptors (Lipinski definition) is 3. The van der Waals surface area contributed by atoms with Gasteiger partial charge >= 0.3 is 6.36 Å². The summed E-state index contributed by atoms with van der Waals surface area (Å²) in [6.45, 7) is 1.86. The highest BCUT2D eigenvalue weighted by atomic mass is 32.1. The smallest absolute Gasteiger partial charge is 0.405 e. The third-order valence-corrected chi connectivity index (χ3v) is 3.39. The van der Waals surface area contributed by atoms with Gasteiger partial charge in [0.1, 0.15) is 11.9 Å². The molecule has 2 nitrogen and oxygen atoms in total. The molecule has 0 bridgehead atoms. The van der Waals surface area contributed by atoms with Crippen LogP contribution in [0.25, 0.3) is 0 Å². The van der Waals surface area contributed by atoms with E-state index < -0.39 is 12.5 Å². The normalized spacial score (nSPS) is 13.3. The Bertz CT molecular complexity index is 563. The minimum Gasteiger partial charge on any atom is -0.405 e. The summed E-state index contributed by atoms with van der Waals surface area (Å²) < 4.78 is 40.8. The van der Waals surface area contributed by atoms with Crippen molar-refractivity contribution in [1.82, 2.24) is 0 Å². The van der Waals surface area contributed by atoms with Gasteiger partial charge in [-0.1, -0.05) is 18.2 Å². The van der Waals surface area contributed by atoms with Crippen molar-refractivity contribution in [2.75, 3.05) is 0 Å². The molecule has 0 aliphatic carbocycles. The summed E-state index contributed by atoms with van der Waals surface area (Å²) in [5.41, 5.74) is 0.651. The van der Waals surface area contributed by atoms with Crippen LogP contribution in [0.4, 0.5) is 13.2 Å². The van der Waals surface area contributed by atoms with Gasteiger partial charge < -0.3 is 9.84 Å². The Morgan fingerprint density at radius 1 is 1.26 bits per heavy atom. The SMILES string of the molecule is Cc1cc(C(O)c2ccccc2OC(F)(F)F)cs1. The average Bonchev–Trinajstić information content (AvgIpc) is 2.74. The predicted molar refractivity (Wildman–Crippen MR) is 66.2 cm³/mol. The van der Waals surface area contributed by atoms with Gasteiger partial charge in [-0.05, 0) is 30.0 Å². The summed E-state index contributed by atoms with van der Waals surface area (Å²) in [7, 11) is 0. The Balaban J connectivity index is 2.34. The molecule has 1 aromatic heterocycles. The molecule has 2 rings (SSSR count). The van der Waals surface area contributed by atoms with Crippen LogP contribution in [0.3, 0.4) is 0 Å². The van der Waals surface area contributed by atoms with Crippen LogP contribution < -0.4 is 4.74 Å². The zero-order valence-corrected chi connectivity index (χ0v) is 10.8. The summed E-state index contributed by atoms with van der Waals surface area (Å²) in [5.74, 6) is -0.383. The van der Waals surface area contributed by atoms with Gasteiger partial charge in [-0.15, -0.1) is 24.5 Å². The highest BCUT2D eigenvalue weighted by Gasteiger charge is 2.33. The van der Waals surface area contributed by atoms with Crippen LogP contribution in [-0.2, 0) is 0 Å². The topological polar surface area (TPSA) is 29.5 Å². The number of alkyl halides is 3. The van der Waals surface area contributed by atoms with Crippen molar-refractivity contribution in [3.05, 3.63) is 51.7 Å². The second-order valence-corrected chi connectivity index (χ2v) is 5.09. The van der Waals surface area contributed by atoms with Gasteiger partial charge in [0.25, 0.3) is 0 Å². The van der Waals surface area contributed by atoms with E-state index in [0.29, 0.717) is 5.56 Å². The summed E-state index contributed by atoms with van der Waals surface area (Å²) in [6, 6.07) is 7.32. The Hall–Kier alpha value is -1.53. The standard InChI is InChI=1S/C13H11F3O2S/c1-8-6-9(7-19-8)12(17)10-4-2-3-5-11(10)18-13(14,15)16/h2-7,12,17H,1H3. The molecule has 0 amide bonds. The molecule has 0 fully saturated rings. The molecule has 1 atom stereocenters. The first kappa shape index (κ1) is 13.9. The van der Waals surface area contributed by atoms with Crippen LogP contribution in [-0.4, -0.2) is 11.5 Å². The van der Waals surface area contributed by atoms with E-state index in [1.165, 1.54) is 29.5 Å². The van der Waals surface area contributed by atoms with Crippen LogP contribution in [0.2, 0.25) is 0 Å². The lowest BCUT2D eigenvalue weighted by atomic mass is 10.0. The van der Waals surface area contributed by atoms with Crippen molar-refractivity contribution >= 4 is 11.3 Å². The molecule has 102 valence electrons. The first-order valence-electron chi connectivity index (χ1n) is 5.44. The van der Waals surface area contributed by atoms with Gasteiger partial charge in [0.2, 0.25) is 0 Å². The van der Waals surface area contributed by atoms with E-state index in [0.717, 1.165) is 4.88 Å². The summed E-state index contributed by atoms with van der Waals surface area (Å²) in [4.78, 5) is 0.975. The van der Waals surface area contributed by atoms with E-state index in [4.69, 9.17) is 0 Å². The molecule has 0 spiro atoms. The Morgan fingerprint density at radius 2 is 1.95 bits per heavy atom. The van der Waals surface area contributed by atoms with Crippen LogP contribution >= 0.6 is 11.3 Å². The molecule has 0 aliphatic rings. The molecule has 0 saturated heterocycles. The zero-order valence-electron chi connectivity index (χ0n) is 9.94. The van der Waals surface area contributed by atoms with Crippen molar-refractivity contribution in [1.29, 1.82) is 0 Å². The van der Waals surface area contributed by atoms with Gasteiger partial charge in [0.15, 0.2) is 0 Å². The lowest BCUT2D eigenvalue weighted by Gasteiger charge is -2.16. The van der Waals surface area contributed by atoms with Gasteiger partial charge in [-0.25, -0.2) is 0 Å². The number of benzene rings is 1. The minimum absolute atomic E-state index is 0.0950. The fourth-order valence-electron chi connectivity index (χ4n) is 1.71. The predicted octanol–water partition coefficient (Wildman–Crippen LogP) is 4.04. The van der Waals surface area contributed by atoms with Gasteiger partial charge in [-0.3, -0.25) is 0 Å². The third kappa shape index (κ3) is 3.48. The van der Waals surface area contributed by atoms with Gasteiger partial charge in [0.05, 0.1) is 0 Å². The molecule has 6 heteroatoms. The molecule has 1 aromatic carbocycles. The number of aliphatic hydroxyl groups is 1. The maximum atomic E-state index is 12.3. The molecular formula is C13H11F3O2S. The number of halogens is 3. The summed E-state index contributed by atoms with van der Waals surface area (Å²) >= 11 is 1.42. The monoisotopic (exact) mass is 288 g/mol. The number of aliphatic hydroxyl groups excluding tert-OH is 1. The van der Waals surface area contributed by atoms with Crippen LogP contribution in [0, 0.1) is 6.92 Å². The van der Waals surface area contributed by atoms with E-state index in [1.54, 1.807) is 17.5 Å². The molecular weight excluding hydrogens is 277 g/mol. The fourth-order valence-corrected chi connectivity index (χ4v) is 2.43. The van der Waals surface area contributed by atoms with Crippen LogP contribution in [0.1, 0.15) is 22.1 Å². The largest absolute Gasteiger partial charge is 0.573 e. The van der Waals surface area contributed by atoms with E-state index in [1.807, 2.05) is 6.92 Å². The molecule has 0 aliphatic heterocycles. The van der Waals surface area contributed by atoms with Crippen molar-refractivity contribution in [2.24, 2.45) is 0 Å². The molecule has 0 saturated carbocycles. The molecule has 2 aromatic rings. The number of rotatable bonds is 3. The second kappa shape index (κ2) is 5.22. The lowest BCUT2D eigenvalue weighted by molar-refractivity contribution is -0.275. The van der Waals surface area contributed by atoms with Gasteiger partial charge in [-0.2, -0.15) is 0 Å². The van der Waals surface area contributed by atoms with E-state index in [2.05, 4.69) is 4.74 Å². The average molecular weight is 288 g/mol.